The Kier molecular flexibility index (Phi) is 6.04. The summed E-state index contributed by atoms with van der Waals surface area (Å²) in [5.74, 6) is -0.252. The number of halogens is 1. The first kappa shape index (κ1) is 19.7. The predicted molar refractivity (Wildman–Crippen MR) is 105 cm³/mol. The van der Waals surface area contributed by atoms with Gasteiger partial charge in [0.15, 0.2) is 0 Å². The van der Waals surface area contributed by atoms with Crippen molar-refractivity contribution in [2.24, 2.45) is 0 Å². The molecule has 0 aromatic heterocycles. The van der Waals surface area contributed by atoms with Gasteiger partial charge in [0.25, 0.3) is 10.0 Å². The molecule has 0 radical (unpaired) electrons. The molecule has 0 unspecified atom stereocenters. The van der Waals surface area contributed by atoms with E-state index in [2.05, 4.69) is 0 Å². The predicted octanol–water partition coefficient (Wildman–Crippen LogP) is 2.70. The van der Waals surface area contributed by atoms with E-state index in [9.17, 15) is 13.2 Å². The largest absolute Gasteiger partial charge is 0.378 e. The van der Waals surface area contributed by atoms with Crippen molar-refractivity contribution in [2.75, 3.05) is 37.2 Å². The average molecular weight is 409 g/mol. The minimum Gasteiger partial charge on any atom is -0.378 e. The van der Waals surface area contributed by atoms with Gasteiger partial charge in [0.2, 0.25) is 5.91 Å². The number of rotatable bonds is 5. The molecule has 0 N–H and O–H groups in total. The molecule has 0 saturated carbocycles. The third-order valence-corrected chi connectivity index (χ3v) is 6.37. The first-order chi connectivity index (χ1) is 12.9. The Hall–Kier alpha value is -2.09. The van der Waals surface area contributed by atoms with Crippen molar-refractivity contribution in [1.82, 2.24) is 4.90 Å². The highest BCUT2D eigenvalue weighted by Crippen LogP contribution is 2.25. The molecule has 1 heterocycles. The van der Waals surface area contributed by atoms with Crippen LogP contribution in [0.15, 0.2) is 53.4 Å². The molecule has 6 nitrogen and oxygen atoms in total. The number of amides is 1. The number of benzene rings is 2. The number of hydrogen-bond acceptors (Lipinski definition) is 4. The van der Waals surface area contributed by atoms with Gasteiger partial charge in [0, 0.05) is 18.1 Å². The Morgan fingerprint density at radius 2 is 1.81 bits per heavy atom. The molecule has 0 aliphatic carbocycles. The summed E-state index contributed by atoms with van der Waals surface area (Å²) in [5.41, 5.74) is 1.36. The molecule has 1 amide bonds. The van der Waals surface area contributed by atoms with E-state index >= 15 is 0 Å². The van der Waals surface area contributed by atoms with E-state index in [0.29, 0.717) is 37.0 Å². The SMILES string of the molecule is Cc1cccc(N(CC(=O)N2CCOCC2)S(=O)(=O)c2ccc(Cl)cc2)c1. The van der Waals surface area contributed by atoms with E-state index in [1.807, 2.05) is 13.0 Å². The number of aryl methyl sites for hydroxylation is 1. The topological polar surface area (TPSA) is 66.9 Å². The minimum absolute atomic E-state index is 0.0863. The van der Waals surface area contributed by atoms with Crippen molar-refractivity contribution < 1.29 is 17.9 Å². The molecule has 1 aliphatic heterocycles. The molecule has 2 aromatic carbocycles. The van der Waals surface area contributed by atoms with Gasteiger partial charge in [0.1, 0.15) is 6.54 Å². The Balaban J connectivity index is 1.96. The summed E-state index contributed by atoms with van der Waals surface area (Å²) in [4.78, 5) is 14.5. The fourth-order valence-electron chi connectivity index (χ4n) is 2.87. The van der Waals surface area contributed by atoms with Gasteiger partial charge in [-0.05, 0) is 48.9 Å². The molecule has 27 heavy (non-hydrogen) atoms. The Bertz CT molecular complexity index is 910. The highest BCUT2D eigenvalue weighted by atomic mass is 35.5. The second-order valence-corrected chi connectivity index (χ2v) is 8.60. The van der Waals surface area contributed by atoms with Gasteiger partial charge in [-0.2, -0.15) is 0 Å². The van der Waals surface area contributed by atoms with Crippen LogP contribution in [0.25, 0.3) is 0 Å². The monoisotopic (exact) mass is 408 g/mol. The summed E-state index contributed by atoms with van der Waals surface area (Å²) >= 11 is 5.88. The normalized spacial score (nSPS) is 14.8. The Morgan fingerprint density at radius 1 is 1.15 bits per heavy atom. The smallest absolute Gasteiger partial charge is 0.264 e. The van der Waals surface area contributed by atoms with E-state index < -0.39 is 10.0 Å². The van der Waals surface area contributed by atoms with Crippen molar-refractivity contribution in [3.05, 3.63) is 59.1 Å². The summed E-state index contributed by atoms with van der Waals surface area (Å²) in [5, 5.41) is 0.445. The number of anilines is 1. The number of carbonyl (C=O) groups excluding carboxylic acids is 1. The average Bonchev–Trinajstić information content (AvgIpc) is 2.67. The highest BCUT2D eigenvalue weighted by Gasteiger charge is 2.29. The van der Waals surface area contributed by atoms with Crippen LogP contribution in [0.2, 0.25) is 5.02 Å². The first-order valence-electron chi connectivity index (χ1n) is 8.58. The lowest BCUT2D eigenvalue weighted by molar-refractivity contribution is -0.133. The summed E-state index contributed by atoms with van der Waals surface area (Å²) in [7, 11) is -3.93. The van der Waals surface area contributed by atoms with E-state index in [1.54, 1.807) is 23.1 Å². The van der Waals surface area contributed by atoms with Gasteiger partial charge in [-0.25, -0.2) is 8.42 Å². The lowest BCUT2D eigenvalue weighted by Crippen LogP contribution is -2.47. The molecular formula is C19H21ClN2O4S. The standard InChI is InChI=1S/C19H21ClN2O4S/c1-15-3-2-4-17(13-15)22(14-19(23)21-9-11-26-12-10-21)27(24,25)18-7-5-16(20)6-8-18/h2-8,13H,9-12,14H2,1H3. The lowest BCUT2D eigenvalue weighted by atomic mass is 10.2. The van der Waals surface area contributed by atoms with Gasteiger partial charge in [-0.1, -0.05) is 23.7 Å². The summed E-state index contributed by atoms with van der Waals surface area (Å²) < 4.78 is 32.9. The quantitative estimate of drug-likeness (QED) is 0.762. The van der Waals surface area contributed by atoms with Gasteiger partial charge in [-0.3, -0.25) is 9.10 Å². The van der Waals surface area contributed by atoms with E-state index in [4.69, 9.17) is 16.3 Å². The van der Waals surface area contributed by atoms with Crippen LogP contribution in [-0.2, 0) is 19.6 Å². The van der Waals surface area contributed by atoms with Gasteiger partial charge in [0.05, 0.1) is 23.8 Å². The molecule has 0 bridgehead atoms. The maximum absolute atomic E-state index is 13.3. The molecule has 0 spiro atoms. The van der Waals surface area contributed by atoms with Crippen molar-refractivity contribution in [3.8, 4) is 0 Å². The van der Waals surface area contributed by atoms with Crippen LogP contribution < -0.4 is 4.31 Å². The third-order valence-electron chi connectivity index (χ3n) is 4.33. The Labute approximate surface area is 164 Å². The van der Waals surface area contributed by atoms with E-state index in [-0.39, 0.29) is 17.3 Å². The van der Waals surface area contributed by atoms with Crippen LogP contribution in [-0.4, -0.2) is 52.1 Å². The molecule has 1 fully saturated rings. The maximum Gasteiger partial charge on any atom is 0.264 e. The summed E-state index contributed by atoms with van der Waals surface area (Å²) in [6.45, 7) is 3.44. The summed E-state index contributed by atoms with van der Waals surface area (Å²) in [6.07, 6.45) is 0. The molecule has 144 valence electrons. The number of ether oxygens (including phenoxy) is 1. The van der Waals surface area contributed by atoms with E-state index in [1.165, 1.54) is 24.3 Å². The van der Waals surface area contributed by atoms with E-state index in [0.717, 1.165) is 9.87 Å². The van der Waals surface area contributed by atoms with Crippen LogP contribution in [0.5, 0.6) is 0 Å². The zero-order valence-electron chi connectivity index (χ0n) is 15.0. The molecule has 1 saturated heterocycles. The minimum atomic E-state index is -3.93. The number of carbonyl (C=O) groups is 1. The maximum atomic E-state index is 13.3. The Morgan fingerprint density at radius 3 is 2.44 bits per heavy atom. The van der Waals surface area contributed by atoms with Gasteiger partial charge < -0.3 is 9.64 Å². The van der Waals surface area contributed by atoms with Crippen LogP contribution in [0.1, 0.15) is 5.56 Å². The molecule has 3 rings (SSSR count). The highest BCUT2D eigenvalue weighted by molar-refractivity contribution is 7.92. The van der Waals surface area contributed by atoms with Crippen LogP contribution in [0, 0.1) is 6.92 Å². The van der Waals surface area contributed by atoms with Crippen molar-refractivity contribution in [2.45, 2.75) is 11.8 Å². The number of morpholine rings is 1. The molecule has 2 aromatic rings. The zero-order valence-corrected chi connectivity index (χ0v) is 16.5. The number of nitrogens with zero attached hydrogens (tertiary/aromatic N) is 2. The zero-order chi connectivity index (χ0) is 19.4. The third kappa shape index (κ3) is 4.61. The van der Waals surface area contributed by atoms with Crippen molar-refractivity contribution in [3.63, 3.8) is 0 Å². The van der Waals surface area contributed by atoms with Crippen LogP contribution in [0.4, 0.5) is 5.69 Å². The van der Waals surface area contributed by atoms with Crippen molar-refractivity contribution in [1.29, 1.82) is 0 Å². The van der Waals surface area contributed by atoms with Crippen LogP contribution >= 0.6 is 11.6 Å². The van der Waals surface area contributed by atoms with Crippen LogP contribution in [0.3, 0.4) is 0 Å². The van der Waals surface area contributed by atoms with Crippen molar-refractivity contribution >= 4 is 33.2 Å². The first-order valence-corrected chi connectivity index (χ1v) is 10.4. The fraction of sp³-hybridized carbons (Fsp3) is 0.316. The van der Waals surface area contributed by atoms with Gasteiger partial charge in [-0.15, -0.1) is 0 Å². The lowest BCUT2D eigenvalue weighted by Gasteiger charge is -2.30. The molecular weight excluding hydrogens is 388 g/mol. The summed E-state index contributed by atoms with van der Waals surface area (Å²) in [6, 6.07) is 13.0. The number of hydrogen-bond donors (Lipinski definition) is 0. The second kappa shape index (κ2) is 8.29. The second-order valence-electron chi connectivity index (χ2n) is 6.30. The van der Waals surface area contributed by atoms with Gasteiger partial charge >= 0.3 is 0 Å². The molecule has 1 aliphatic rings. The molecule has 8 heteroatoms. The molecule has 0 atom stereocenters. The fourth-order valence-corrected chi connectivity index (χ4v) is 4.40. The number of sulfonamides is 1.